The van der Waals surface area contributed by atoms with Crippen LogP contribution in [0.25, 0.3) is 0 Å². The van der Waals surface area contributed by atoms with Gasteiger partial charge in [0.2, 0.25) is 0 Å². The molecule has 0 saturated carbocycles. The molecule has 3 rings (SSSR count). The molecule has 5 nitrogen and oxygen atoms in total. The number of nitrogens with one attached hydrogen (secondary N) is 1. The van der Waals surface area contributed by atoms with E-state index in [1.54, 1.807) is 0 Å². The molecule has 6 heteroatoms. The third kappa shape index (κ3) is 5.06. The Kier molecular flexibility index (Phi) is 6.06. The third-order valence-corrected chi connectivity index (χ3v) is 4.53. The van der Waals surface area contributed by atoms with Gasteiger partial charge in [-0.2, -0.15) is 0 Å². The lowest BCUT2D eigenvalue weighted by atomic mass is 9.87. The molecule has 27 heavy (non-hydrogen) atoms. The largest absolute Gasteiger partial charge is 0.482 e. The first kappa shape index (κ1) is 18.9. The number of halogens is 1. The normalized spacial score (nSPS) is 16.7. The van der Waals surface area contributed by atoms with Gasteiger partial charge in [0.25, 0.3) is 5.91 Å². The van der Waals surface area contributed by atoms with Crippen LogP contribution >= 0.6 is 0 Å². The van der Waals surface area contributed by atoms with Crippen LogP contribution in [0.3, 0.4) is 0 Å². The van der Waals surface area contributed by atoms with Crippen molar-refractivity contribution in [2.75, 3.05) is 6.61 Å². The summed E-state index contributed by atoms with van der Waals surface area (Å²) in [5.41, 5.74) is 2.36. The summed E-state index contributed by atoms with van der Waals surface area (Å²) >= 11 is 0. The summed E-state index contributed by atoms with van der Waals surface area (Å²) in [5, 5.41) is 2.96. The molecule has 2 aromatic carbocycles. The second kappa shape index (κ2) is 8.66. The molecular weight excluding hydrogens is 349 g/mol. The van der Waals surface area contributed by atoms with Crippen LogP contribution in [0, 0.1) is 5.82 Å². The highest BCUT2D eigenvalue weighted by Crippen LogP contribution is 2.29. The smallest absolute Gasteiger partial charge is 0.344 e. The summed E-state index contributed by atoms with van der Waals surface area (Å²) < 4.78 is 23.2. The zero-order chi connectivity index (χ0) is 19.2. The molecule has 0 spiro atoms. The Morgan fingerprint density at radius 3 is 2.70 bits per heavy atom. The van der Waals surface area contributed by atoms with Crippen molar-refractivity contribution in [3.8, 4) is 5.75 Å². The Hall–Kier alpha value is -2.89. The number of ether oxygens (including phenoxy) is 2. The topological polar surface area (TPSA) is 64.6 Å². The minimum Gasteiger partial charge on any atom is -0.482 e. The number of hydrogen-bond donors (Lipinski definition) is 1. The average Bonchev–Trinajstić information content (AvgIpc) is 2.68. The van der Waals surface area contributed by atoms with Crippen LogP contribution in [0.5, 0.6) is 5.75 Å². The van der Waals surface area contributed by atoms with Crippen LogP contribution in [0.2, 0.25) is 0 Å². The van der Waals surface area contributed by atoms with Crippen LogP contribution in [0.4, 0.5) is 4.39 Å². The predicted molar refractivity (Wildman–Crippen MR) is 97.7 cm³/mol. The quantitative estimate of drug-likeness (QED) is 0.791. The van der Waals surface area contributed by atoms with Gasteiger partial charge in [-0.1, -0.05) is 24.3 Å². The minimum absolute atomic E-state index is 0.0703. The SMILES string of the molecule is C[C@H](OC(=O)COc1ccc(F)cc1)C(=O)N[C@H]1CCCc2ccccc21. The first-order valence-corrected chi connectivity index (χ1v) is 8.99. The fraction of sp³-hybridized carbons (Fsp3) is 0.333. The van der Waals surface area contributed by atoms with Crippen molar-refractivity contribution in [2.24, 2.45) is 0 Å². The fourth-order valence-corrected chi connectivity index (χ4v) is 3.15. The van der Waals surface area contributed by atoms with Crippen LogP contribution in [0.1, 0.15) is 36.9 Å². The highest BCUT2D eigenvalue weighted by Gasteiger charge is 2.25. The molecule has 1 aliphatic rings. The summed E-state index contributed by atoms with van der Waals surface area (Å²) in [6.45, 7) is 1.18. The lowest BCUT2D eigenvalue weighted by molar-refractivity contribution is -0.156. The van der Waals surface area contributed by atoms with Crippen molar-refractivity contribution < 1.29 is 23.5 Å². The van der Waals surface area contributed by atoms with Crippen molar-refractivity contribution in [3.05, 3.63) is 65.5 Å². The lowest BCUT2D eigenvalue weighted by Gasteiger charge is -2.27. The predicted octanol–water partition coefficient (Wildman–Crippen LogP) is 3.33. The molecule has 0 saturated heterocycles. The monoisotopic (exact) mass is 371 g/mol. The molecule has 1 amide bonds. The van der Waals surface area contributed by atoms with Gasteiger partial charge in [0.1, 0.15) is 11.6 Å². The van der Waals surface area contributed by atoms with E-state index in [2.05, 4.69) is 11.4 Å². The average molecular weight is 371 g/mol. The summed E-state index contributed by atoms with van der Waals surface area (Å²) in [5.74, 6) is -1.04. The number of aryl methyl sites for hydroxylation is 1. The number of benzene rings is 2. The fourth-order valence-electron chi connectivity index (χ4n) is 3.15. The minimum atomic E-state index is -0.927. The molecule has 142 valence electrons. The molecule has 1 N–H and O–H groups in total. The number of esters is 1. The molecule has 0 fully saturated rings. The maximum Gasteiger partial charge on any atom is 0.344 e. The van der Waals surface area contributed by atoms with Crippen LogP contribution in [-0.4, -0.2) is 24.6 Å². The number of hydrogen-bond acceptors (Lipinski definition) is 4. The molecule has 0 radical (unpaired) electrons. The Bertz CT molecular complexity index is 806. The molecule has 2 aromatic rings. The summed E-state index contributed by atoms with van der Waals surface area (Å²) in [6.07, 6.45) is 1.94. The molecule has 0 aliphatic heterocycles. The maximum atomic E-state index is 12.8. The van der Waals surface area contributed by atoms with E-state index in [1.165, 1.54) is 36.8 Å². The van der Waals surface area contributed by atoms with Gasteiger partial charge in [-0.05, 0) is 61.6 Å². The van der Waals surface area contributed by atoms with Crippen molar-refractivity contribution in [1.82, 2.24) is 5.32 Å². The maximum absolute atomic E-state index is 12.8. The molecule has 0 aromatic heterocycles. The van der Waals surface area contributed by atoms with Gasteiger partial charge in [-0.15, -0.1) is 0 Å². The van der Waals surface area contributed by atoms with E-state index in [4.69, 9.17) is 9.47 Å². The van der Waals surface area contributed by atoms with Crippen molar-refractivity contribution in [1.29, 1.82) is 0 Å². The van der Waals surface area contributed by atoms with Gasteiger partial charge in [-0.25, -0.2) is 9.18 Å². The lowest BCUT2D eigenvalue weighted by Crippen LogP contribution is -2.39. The first-order valence-electron chi connectivity index (χ1n) is 8.99. The summed E-state index contributed by atoms with van der Waals surface area (Å²) in [7, 11) is 0. The van der Waals surface area contributed by atoms with E-state index in [0.717, 1.165) is 24.8 Å². The van der Waals surface area contributed by atoms with Gasteiger partial charge >= 0.3 is 5.97 Å². The Morgan fingerprint density at radius 2 is 1.93 bits per heavy atom. The highest BCUT2D eigenvalue weighted by molar-refractivity contribution is 5.84. The molecule has 0 bridgehead atoms. The van der Waals surface area contributed by atoms with Gasteiger partial charge in [0.15, 0.2) is 12.7 Å². The van der Waals surface area contributed by atoms with Gasteiger partial charge in [0.05, 0.1) is 6.04 Å². The number of fused-ring (bicyclic) bond motifs is 1. The van der Waals surface area contributed by atoms with E-state index in [-0.39, 0.29) is 24.4 Å². The van der Waals surface area contributed by atoms with Gasteiger partial charge < -0.3 is 14.8 Å². The Balaban J connectivity index is 1.49. The Labute approximate surface area is 157 Å². The summed E-state index contributed by atoms with van der Waals surface area (Å²) in [6, 6.07) is 13.3. The molecule has 0 heterocycles. The van der Waals surface area contributed by atoms with Crippen LogP contribution in [-0.2, 0) is 20.7 Å². The third-order valence-electron chi connectivity index (χ3n) is 4.53. The Morgan fingerprint density at radius 1 is 1.19 bits per heavy atom. The van der Waals surface area contributed by atoms with E-state index in [1.807, 2.05) is 18.2 Å². The second-order valence-corrected chi connectivity index (χ2v) is 6.53. The zero-order valence-corrected chi connectivity index (χ0v) is 15.1. The number of rotatable bonds is 6. The van der Waals surface area contributed by atoms with E-state index in [0.29, 0.717) is 5.75 Å². The molecule has 1 aliphatic carbocycles. The van der Waals surface area contributed by atoms with E-state index < -0.39 is 12.1 Å². The zero-order valence-electron chi connectivity index (χ0n) is 15.1. The van der Waals surface area contributed by atoms with Crippen molar-refractivity contribution in [2.45, 2.75) is 38.3 Å². The molecule has 0 unspecified atom stereocenters. The standard InChI is InChI=1S/C21H22FNO4/c1-14(27-20(24)13-26-17-11-9-16(22)10-12-17)21(25)23-19-8-4-6-15-5-2-3-7-18(15)19/h2-3,5,7,9-12,14,19H,4,6,8,13H2,1H3,(H,23,25)/t14-,19-/m0/s1. The highest BCUT2D eigenvalue weighted by atomic mass is 19.1. The number of amides is 1. The van der Waals surface area contributed by atoms with Crippen molar-refractivity contribution >= 4 is 11.9 Å². The molecule has 2 atom stereocenters. The van der Waals surface area contributed by atoms with Gasteiger partial charge in [0, 0.05) is 0 Å². The van der Waals surface area contributed by atoms with Gasteiger partial charge in [-0.3, -0.25) is 4.79 Å². The number of carbonyl (C=O) groups is 2. The van der Waals surface area contributed by atoms with Crippen LogP contribution < -0.4 is 10.1 Å². The summed E-state index contributed by atoms with van der Waals surface area (Å²) in [4.78, 5) is 24.3. The molecular formula is C21H22FNO4. The second-order valence-electron chi connectivity index (χ2n) is 6.53. The van der Waals surface area contributed by atoms with E-state index >= 15 is 0 Å². The van der Waals surface area contributed by atoms with E-state index in [9.17, 15) is 14.0 Å². The van der Waals surface area contributed by atoms with Crippen LogP contribution in [0.15, 0.2) is 48.5 Å². The number of carbonyl (C=O) groups excluding carboxylic acids is 2. The van der Waals surface area contributed by atoms with Crippen molar-refractivity contribution in [3.63, 3.8) is 0 Å². The first-order chi connectivity index (χ1) is 13.0.